The summed E-state index contributed by atoms with van der Waals surface area (Å²) in [4.78, 5) is 0. The van der Waals surface area contributed by atoms with E-state index in [0.717, 1.165) is 22.9 Å². The largest absolute Gasteiger partial charge is 0.327 e. The van der Waals surface area contributed by atoms with Crippen molar-refractivity contribution in [3.63, 3.8) is 0 Å². The van der Waals surface area contributed by atoms with Crippen LogP contribution in [0.2, 0.25) is 0 Å². The van der Waals surface area contributed by atoms with Gasteiger partial charge in [0.2, 0.25) is 0 Å². The molecule has 3 rings (SSSR count). The van der Waals surface area contributed by atoms with E-state index in [4.69, 9.17) is 5.73 Å². The summed E-state index contributed by atoms with van der Waals surface area (Å²) in [6.07, 6.45) is 1.82. The minimum absolute atomic E-state index is 0.0802. The van der Waals surface area contributed by atoms with Crippen molar-refractivity contribution in [1.82, 2.24) is 0 Å². The normalized spacial score (nSPS) is 18.6. The summed E-state index contributed by atoms with van der Waals surface area (Å²) in [5.41, 5.74) is 10.2. The number of halogens is 2. The van der Waals surface area contributed by atoms with Crippen LogP contribution in [0.1, 0.15) is 22.6 Å². The van der Waals surface area contributed by atoms with E-state index in [2.05, 4.69) is 40.2 Å². The second kappa shape index (κ2) is 5.06. The molecule has 0 saturated carbocycles. The zero-order valence-electron chi connectivity index (χ0n) is 10.4. The smallest absolute Gasteiger partial charge is 0.124 e. The van der Waals surface area contributed by atoms with Gasteiger partial charge < -0.3 is 5.73 Å². The first-order valence-electron chi connectivity index (χ1n) is 6.42. The molecule has 98 valence electrons. The molecule has 1 nitrogen and oxygen atoms in total. The fourth-order valence-corrected chi connectivity index (χ4v) is 3.28. The summed E-state index contributed by atoms with van der Waals surface area (Å²) in [5.74, 6) is 0.200. The highest BCUT2D eigenvalue weighted by molar-refractivity contribution is 9.10. The lowest BCUT2D eigenvalue weighted by molar-refractivity contribution is 0.480. The van der Waals surface area contributed by atoms with E-state index in [1.165, 1.54) is 23.3 Å². The Morgan fingerprint density at radius 1 is 1.26 bits per heavy atom. The molecule has 0 radical (unpaired) electrons. The molecule has 0 saturated heterocycles. The first kappa shape index (κ1) is 12.8. The monoisotopic (exact) mass is 319 g/mol. The van der Waals surface area contributed by atoms with Gasteiger partial charge in [0.05, 0.1) is 0 Å². The van der Waals surface area contributed by atoms with Crippen LogP contribution in [0.15, 0.2) is 46.9 Å². The lowest BCUT2D eigenvalue weighted by atomic mass is 9.72. The van der Waals surface area contributed by atoms with E-state index in [0.29, 0.717) is 5.92 Å². The third-order valence-electron chi connectivity index (χ3n) is 3.88. The van der Waals surface area contributed by atoms with Gasteiger partial charge in [-0.3, -0.25) is 0 Å². The Morgan fingerprint density at radius 2 is 2.05 bits per heavy atom. The maximum absolute atomic E-state index is 13.1. The molecule has 2 N–H and O–H groups in total. The average molecular weight is 320 g/mol. The molecule has 19 heavy (non-hydrogen) atoms. The molecule has 0 amide bonds. The van der Waals surface area contributed by atoms with Crippen LogP contribution < -0.4 is 5.73 Å². The molecular weight excluding hydrogens is 305 g/mol. The van der Waals surface area contributed by atoms with E-state index < -0.39 is 0 Å². The van der Waals surface area contributed by atoms with Gasteiger partial charge in [-0.15, -0.1) is 0 Å². The van der Waals surface area contributed by atoms with Crippen molar-refractivity contribution >= 4 is 15.9 Å². The van der Waals surface area contributed by atoms with Crippen LogP contribution in [0.25, 0.3) is 0 Å². The molecule has 1 aliphatic carbocycles. The van der Waals surface area contributed by atoms with Gasteiger partial charge in [-0.05, 0) is 41.7 Å². The predicted molar refractivity (Wildman–Crippen MR) is 78.7 cm³/mol. The number of benzene rings is 2. The van der Waals surface area contributed by atoms with E-state index >= 15 is 0 Å². The van der Waals surface area contributed by atoms with E-state index in [1.807, 2.05) is 6.07 Å². The molecule has 0 aromatic heterocycles. The number of nitrogens with two attached hydrogens (primary N) is 1. The zero-order chi connectivity index (χ0) is 13.4. The Bertz CT molecular complexity index is 611. The van der Waals surface area contributed by atoms with Crippen LogP contribution in [0.3, 0.4) is 0 Å². The minimum Gasteiger partial charge on any atom is -0.327 e. The number of fused-ring (bicyclic) bond motifs is 1. The van der Waals surface area contributed by atoms with E-state index in [1.54, 1.807) is 0 Å². The molecular formula is C16H15BrFN. The Morgan fingerprint density at radius 3 is 2.79 bits per heavy atom. The van der Waals surface area contributed by atoms with Crippen molar-refractivity contribution in [2.24, 2.45) is 5.73 Å². The van der Waals surface area contributed by atoms with Gasteiger partial charge in [0.1, 0.15) is 5.82 Å². The van der Waals surface area contributed by atoms with Crippen molar-refractivity contribution in [2.75, 3.05) is 0 Å². The minimum atomic E-state index is -0.224. The molecule has 2 aromatic rings. The summed E-state index contributed by atoms with van der Waals surface area (Å²) < 4.78 is 13.9. The van der Waals surface area contributed by atoms with Gasteiger partial charge in [0.25, 0.3) is 0 Å². The number of hydrogen-bond acceptors (Lipinski definition) is 1. The third kappa shape index (κ3) is 2.45. The summed E-state index contributed by atoms with van der Waals surface area (Å²) in [6.45, 7) is 0. The predicted octanol–water partition coefficient (Wildman–Crippen LogP) is 3.80. The van der Waals surface area contributed by atoms with Crippen LogP contribution >= 0.6 is 15.9 Å². The molecule has 2 atom stereocenters. The van der Waals surface area contributed by atoms with Crippen LogP contribution in [0.4, 0.5) is 4.39 Å². The molecule has 3 heteroatoms. The summed E-state index contributed by atoms with van der Waals surface area (Å²) >= 11 is 3.40. The van der Waals surface area contributed by atoms with Crippen LogP contribution in [0.5, 0.6) is 0 Å². The third-order valence-corrected chi connectivity index (χ3v) is 4.62. The second-order valence-electron chi connectivity index (χ2n) is 5.11. The number of hydrogen-bond donors (Lipinski definition) is 1. The SMILES string of the molecule is NC(Cc1ccc(F)cc1Br)C1Cc2ccccc21. The van der Waals surface area contributed by atoms with Gasteiger partial charge in [0, 0.05) is 16.4 Å². The van der Waals surface area contributed by atoms with Gasteiger partial charge in [-0.2, -0.15) is 0 Å². The topological polar surface area (TPSA) is 26.0 Å². The first-order valence-corrected chi connectivity index (χ1v) is 7.22. The Hall–Kier alpha value is -1.19. The van der Waals surface area contributed by atoms with Crippen LogP contribution in [-0.2, 0) is 12.8 Å². The first-order chi connectivity index (χ1) is 9.15. The Balaban J connectivity index is 1.75. The van der Waals surface area contributed by atoms with E-state index in [9.17, 15) is 4.39 Å². The Labute approximate surface area is 120 Å². The molecule has 2 aromatic carbocycles. The summed E-state index contributed by atoms with van der Waals surface area (Å²) in [5, 5.41) is 0. The van der Waals surface area contributed by atoms with Crippen LogP contribution in [-0.4, -0.2) is 6.04 Å². The molecule has 0 heterocycles. The van der Waals surface area contributed by atoms with Crippen molar-refractivity contribution < 1.29 is 4.39 Å². The molecule has 2 unspecified atom stereocenters. The second-order valence-corrected chi connectivity index (χ2v) is 5.97. The fourth-order valence-electron chi connectivity index (χ4n) is 2.76. The lowest BCUT2D eigenvalue weighted by Crippen LogP contribution is -2.37. The number of rotatable bonds is 3. The maximum Gasteiger partial charge on any atom is 0.124 e. The van der Waals surface area contributed by atoms with Crippen molar-refractivity contribution in [1.29, 1.82) is 0 Å². The average Bonchev–Trinajstić information content (AvgIpc) is 2.34. The highest BCUT2D eigenvalue weighted by Crippen LogP contribution is 2.37. The molecule has 0 aliphatic heterocycles. The van der Waals surface area contributed by atoms with Gasteiger partial charge in [-0.25, -0.2) is 4.39 Å². The van der Waals surface area contributed by atoms with Crippen molar-refractivity contribution in [3.05, 3.63) is 69.4 Å². The highest BCUT2D eigenvalue weighted by atomic mass is 79.9. The molecule has 1 aliphatic rings. The quantitative estimate of drug-likeness (QED) is 0.915. The van der Waals surface area contributed by atoms with Gasteiger partial charge in [-0.1, -0.05) is 46.3 Å². The van der Waals surface area contributed by atoms with Gasteiger partial charge in [0.15, 0.2) is 0 Å². The molecule has 0 fully saturated rings. The zero-order valence-corrected chi connectivity index (χ0v) is 12.0. The fraction of sp³-hybridized carbons (Fsp3) is 0.250. The standard InChI is InChI=1S/C16H15BrFN/c17-15-9-12(18)6-5-11(15)8-16(19)14-7-10-3-1-2-4-13(10)14/h1-6,9,14,16H,7-8,19H2. The summed E-state index contributed by atoms with van der Waals surface area (Å²) in [6, 6.07) is 13.3. The van der Waals surface area contributed by atoms with Gasteiger partial charge >= 0.3 is 0 Å². The highest BCUT2D eigenvalue weighted by Gasteiger charge is 2.30. The van der Waals surface area contributed by atoms with Crippen molar-refractivity contribution in [3.8, 4) is 0 Å². The maximum atomic E-state index is 13.1. The van der Waals surface area contributed by atoms with Crippen LogP contribution in [0, 0.1) is 5.82 Å². The lowest BCUT2D eigenvalue weighted by Gasteiger charge is -2.34. The Kier molecular flexibility index (Phi) is 3.42. The summed E-state index contributed by atoms with van der Waals surface area (Å²) in [7, 11) is 0. The molecule has 0 spiro atoms. The van der Waals surface area contributed by atoms with Crippen molar-refractivity contribution in [2.45, 2.75) is 24.8 Å². The van der Waals surface area contributed by atoms with E-state index in [-0.39, 0.29) is 11.9 Å². The molecule has 0 bridgehead atoms.